The summed E-state index contributed by atoms with van der Waals surface area (Å²) in [7, 11) is -3.95. The summed E-state index contributed by atoms with van der Waals surface area (Å²) in [5.41, 5.74) is 2.74. The normalized spacial score (nSPS) is 16.3. The number of fused-ring (bicyclic) bond motifs is 1. The van der Waals surface area contributed by atoms with Crippen LogP contribution in [0.15, 0.2) is 12.7 Å². The molecule has 1 unspecified atom stereocenters. The van der Waals surface area contributed by atoms with Gasteiger partial charge in [0.25, 0.3) is 7.52 Å². The van der Waals surface area contributed by atoms with Crippen molar-refractivity contribution in [2.24, 2.45) is 0 Å². The van der Waals surface area contributed by atoms with Gasteiger partial charge in [0.1, 0.15) is 18.7 Å². The van der Waals surface area contributed by atoms with Crippen molar-refractivity contribution in [1.82, 2.24) is 24.6 Å². The van der Waals surface area contributed by atoms with Gasteiger partial charge in [-0.3, -0.25) is 20.0 Å². The molecule has 2 rings (SSSR count). The lowest BCUT2D eigenvalue weighted by Crippen LogP contribution is -2.32. The molecule has 0 aliphatic carbocycles. The first-order valence-electron chi connectivity index (χ1n) is 7.23. The zero-order valence-corrected chi connectivity index (χ0v) is 14.4. The van der Waals surface area contributed by atoms with Crippen molar-refractivity contribution in [1.29, 1.82) is 0 Å². The van der Waals surface area contributed by atoms with Crippen LogP contribution in [-0.2, 0) is 20.6 Å². The zero-order valence-electron chi connectivity index (χ0n) is 13.5. The van der Waals surface area contributed by atoms with Crippen molar-refractivity contribution in [3.63, 3.8) is 0 Å². The number of carbonyl (C=O) groups is 1. The van der Waals surface area contributed by atoms with E-state index in [1.54, 1.807) is 11.5 Å². The van der Waals surface area contributed by atoms with Crippen LogP contribution < -0.4 is 10.6 Å². The molecule has 0 amide bonds. The smallest absolute Gasteiger partial charge is 0.320 e. The fourth-order valence-corrected chi connectivity index (χ4v) is 3.30. The number of nitrogens with zero attached hydrogens (tertiary/aromatic N) is 4. The molecule has 2 heterocycles. The lowest BCUT2D eigenvalue weighted by Gasteiger charge is -2.19. The molecule has 0 radical (unpaired) electrons. The maximum absolute atomic E-state index is 11.9. The minimum Gasteiger partial charge on any atom is -0.480 e. The first-order valence-corrected chi connectivity index (χ1v) is 9.08. The van der Waals surface area contributed by atoms with E-state index in [9.17, 15) is 14.3 Å². The van der Waals surface area contributed by atoms with Crippen molar-refractivity contribution in [3.05, 3.63) is 12.7 Å². The number of ether oxygens (including phenoxy) is 1. The van der Waals surface area contributed by atoms with E-state index >= 15 is 0 Å². The van der Waals surface area contributed by atoms with E-state index in [-0.39, 0.29) is 12.4 Å². The second kappa shape index (κ2) is 7.85. The molecule has 3 atom stereocenters. The fraction of sp³-hybridized carbons (Fsp3) is 0.500. The monoisotopic (exact) mass is 374 g/mol. The lowest BCUT2D eigenvalue weighted by molar-refractivity contribution is -0.138. The molecular weight excluding hydrogens is 355 g/mol. The first-order chi connectivity index (χ1) is 11.7. The van der Waals surface area contributed by atoms with Crippen LogP contribution >= 0.6 is 7.52 Å². The number of carboxylic acids is 1. The summed E-state index contributed by atoms with van der Waals surface area (Å²) in [6.45, 7) is 3.21. The van der Waals surface area contributed by atoms with E-state index in [4.69, 9.17) is 15.1 Å². The molecule has 138 valence electrons. The number of aliphatic carboxylic acids is 1. The molecule has 0 spiro atoms. The van der Waals surface area contributed by atoms with Crippen LogP contribution in [0.2, 0.25) is 0 Å². The van der Waals surface area contributed by atoms with Gasteiger partial charge in [-0.05, 0) is 13.8 Å². The summed E-state index contributed by atoms with van der Waals surface area (Å²) in [4.78, 5) is 32.4. The topological polar surface area (TPSA) is 172 Å². The Balaban J connectivity index is 1.98. The molecule has 0 bridgehead atoms. The molecule has 2 aromatic heterocycles. The summed E-state index contributed by atoms with van der Waals surface area (Å²) in [6.07, 6.45) is 1.70. The number of hydrogen-bond acceptors (Lipinski definition) is 8. The average molecular weight is 374 g/mol. The van der Waals surface area contributed by atoms with Crippen molar-refractivity contribution < 1.29 is 29.3 Å². The summed E-state index contributed by atoms with van der Waals surface area (Å²) in [5, 5.41) is 19.9. The molecule has 0 aromatic carbocycles. The van der Waals surface area contributed by atoms with Crippen LogP contribution in [0.1, 0.15) is 13.8 Å². The Morgan fingerprint density at radius 2 is 2.12 bits per heavy atom. The van der Waals surface area contributed by atoms with Crippen molar-refractivity contribution in [2.45, 2.75) is 32.5 Å². The Morgan fingerprint density at radius 3 is 2.76 bits per heavy atom. The van der Waals surface area contributed by atoms with Crippen LogP contribution in [0.25, 0.3) is 11.2 Å². The quantitative estimate of drug-likeness (QED) is 0.300. The van der Waals surface area contributed by atoms with Gasteiger partial charge in [-0.25, -0.2) is 20.0 Å². The Bertz CT molecular complexity index is 797. The summed E-state index contributed by atoms with van der Waals surface area (Å²) < 4.78 is 18.9. The molecule has 0 aliphatic heterocycles. The van der Waals surface area contributed by atoms with E-state index in [1.807, 2.05) is 5.48 Å². The van der Waals surface area contributed by atoms with Crippen molar-refractivity contribution in [3.8, 4) is 0 Å². The van der Waals surface area contributed by atoms with Crippen LogP contribution in [0.5, 0.6) is 0 Å². The Kier molecular flexibility index (Phi) is 6.03. The van der Waals surface area contributed by atoms with Gasteiger partial charge in [-0.15, -0.1) is 0 Å². The van der Waals surface area contributed by atoms with Crippen molar-refractivity contribution >= 4 is 30.5 Å². The van der Waals surface area contributed by atoms with Gasteiger partial charge in [0.2, 0.25) is 0 Å². The van der Waals surface area contributed by atoms with Gasteiger partial charge in [0, 0.05) is 0 Å². The highest BCUT2D eigenvalue weighted by Gasteiger charge is 2.25. The largest absolute Gasteiger partial charge is 0.480 e. The lowest BCUT2D eigenvalue weighted by atomic mass is 10.4. The minimum atomic E-state index is -3.95. The van der Waals surface area contributed by atoms with Gasteiger partial charge in [0.05, 0.1) is 19.0 Å². The number of imidazole rings is 1. The number of anilines is 1. The van der Waals surface area contributed by atoms with Gasteiger partial charge < -0.3 is 19.3 Å². The number of nitrogens with one attached hydrogen (secondary N) is 2. The summed E-state index contributed by atoms with van der Waals surface area (Å²) in [6, 6.07) is -1.17. The molecule has 0 saturated carbocycles. The maximum Gasteiger partial charge on any atom is 0.320 e. The first kappa shape index (κ1) is 19.2. The maximum atomic E-state index is 11.9. The molecule has 13 heteroatoms. The fourth-order valence-electron chi connectivity index (χ4n) is 2.05. The predicted molar refractivity (Wildman–Crippen MR) is 86.2 cm³/mol. The van der Waals surface area contributed by atoms with Gasteiger partial charge >= 0.3 is 5.97 Å². The molecule has 0 fully saturated rings. The number of aromatic nitrogens is 4. The number of hydrogen-bond donors (Lipinski definition) is 5. The van der Waals surface area contributed by atoms with Gasteiger partial charge in [0.15, 0.2) is 17.0 Å². The Labute approximate surface area is 142 Å². The van der Waals surface area contributed by atoms with Crippen LogP contribution in [0.3, 0.4) is 0 Å². The summed E-state index contributed by atoms with van der Waals surface area (Å²) in [5.74, 6) is -1.08. The third kappa shape index (κ3) is 4.94. The Morgan fingerprint density at radius 1 is 1.40 bits per heavy atom. The van der Waals surface area contributed by atoms with E-state index < -0.39 is 32.0 Å². The standard InChI is InChI=1S/C12H19N6O6P/c1-7(24-6-25(22,23)17-8(2)12(19)20)3-18-5-15-9-10(16-21)13-4-14-11(9)18/h4-5,7-8,21H,3,6H2,1-2H3,(H,19,20)(H,13,14,16)(H2,17,22,23)/t7-,8+/m1/s1. The third-order valence-electron chi connectivity index (χ3n) is 3.26. The van der Waals surface area contributed by atoms with Crippen LogP contribution in [0, 0.1) is 0 Å². The molecule has 0 aliphatic rings. The SMILES string of the molecule is C[C@H](Cn1cnc2c(NO)ncnc21)OCP(=O)(O)N[C@@H](C)C(=O)O. The van der Waals surface area contributed by atoms with E-state index in [0.717, 1.165) is 0 Å². The highest BCUT2D eigenvalue weighted by Crippen LogP contribution is 2.36. The average Bonchev–Trinajstić information content (AvgIpc) is 2.95. The van der Waals surface area contributed by atoms with Crippen LogP contribution in [-0.4, -0.2) is 59.2 Å². The highest BCUT2D eigenvalue weighted by molar-refractivity contribution is 7.55. The molecular formula is C12H19N6O6P. The Hall–Kier alpha value is -2.11. The van der Waals surface area contributed by atoms with Crippen molar-refractivity contribution in [2.75, 3.05) is 11.8 Å². The molecule has 2 aromatic rings. The molecule has 12 nitrogen and oxygen atoms in total. The molecule has 0 saturated heterocycles. The number of carboxylic acid groups (broad SMARTS) is 1. The van der Waals surface area contributed by atoms with E-state index in [1.165, 1.54) is 19.6 Å². The second-order valence-corrected chi connectivity index (χ2v) is 7.32. The highest BCUT2D eigenvalue weighted by atomic mass is 31.2. The molecule has 5 N–H and O–H groups in total. The summed E-state index contributed by atoms with van der Waals surface area (Å²) >= 11 is 0. The van der Waals surface area contributed by atoms with Gasteiger partial charge in [-0.1, -0.05) is 0 Å². The zero-order chi connectivity index (χ0) is 18.6. The second-order valence-electron chi connectivity index (χ2n) is 5.40. The van der Waals surface area contributed by atoms with Gasteiger partial charge in [-0.2, -0.15) is 0 Å². The van der Waals surface area contributed by atoms with E-state index in [0.29, 0.717) is 11.2 Å². The van der Waals surface area contributed by atoms with Crippen LogP contribution in [0.4, 0.5) is 5.82 Å². The van der Waals surface area contributed by atoms with E-state index in [2.05, 4.69) is 20.0 Å². The predicted octanol–water partition coefficient (Wildman–Crippen LogP) is 0.238. The molecule has 25 heavy (non-hydrogen) atoms. The minimum absolute atomic E-state index is 0.157. The third-order valence-corrected chi connectivity index (χ3v) is 4.55. The number of rotatable bonds is 9.